The molecular weight excluding hydrogens is 432 g/mol. The topological polar surface area (TPSA) is 65.5 Å². The van der Waals surface area contributed by atoms with E-state index in [0.29, 0.717) is 0 Å². The highest BCUT2D eigenvalue weighted by Gasteiger charge is 2.45. The average molecular weight is 447 g/mol. The molecule has 0 radical (unpaired) electrons. The third-order valence-electron chi connectivity index (χ3n) is 4.73. The fourth-order valence-electron chi connectivity index (χ4n) is 3.09. The molecule has 0 aliphatic carbocycles. The molecule has 3 rings (SSSR count). The van der Waals surface area contributed by atoms with Gasteiger partial charge in [-0.15, -0.1) is 0 Å². The van der Waals surface area contributed by atoms with Crippen molar-refractivity contribution < 1.29 is 45.4 Å². The second-order valence-electron chi connectivity index (χ2n) is 7.26. The van der Waals surface area contributed by atoms with Crippen LogP contribution in [0.5, 0.6) is 5.75 Å². The number of ether oxygens (including phenoxy) is 2. The van der Waals surface area contributed by atoms with Crippen molar-refractivity contribution in [3.63, 3.8) is 0 Å². The van der Waals surface area contributed by atoms with E-state index in [2.05, 4.69) is 4.98 Å². The Balaban J connectivity index is 2.16. The standard InChI is InChI=1S/C20H15F6NO4/c1-10(28)30-8-18(2)9-31-16-13(18)7-14(17(29)20(24,25)26)27-15(16)11-3-5-12(6-4-11)19(21,22)23/h3-7H,8-9H2,1-2H3. The van der Waals surface area contributed by atoms with Crippen LogP contribution in [0.3, 0.4) is 0 Å². The Morgan fingerprint density at radius 3 is 2.26 bits per heavy atom. The smallest absolute Gasteiger partial charge is 0.456 e. The molecule has 1 aliphatic rings. The molecule has 31 heavy (non-hydrogen) atoms. The van der Waals surface area contributed by atoms with Crippen molar-refractivity contribution >= 4 is 11.8 Å². The van der Waals surface area contributed by atoms with Crippen molar-refractivity contribution in [1.29, 1.82) is 0 Å². The number of rotatable bonds is 4. The zero-order valence-corrected chi connectivity index (χ0v) is 16.1. The number of hydrogen-bond acceptors (Lipinski definition) is 5. The van der Waals surface area contributed by atoms with Crippen LogP contribution >= 0.6 is 0 Å². The summed E-state index contributed by atoms with van der Waals surface area (Å²) in [6, 6.07) is 4.45. The normalized spacial score (nSPS) is 18.3. The van der Waals surface area contributed by atoms with Gasteiger partial charge in [-0.2, -0.15) is 26.3 Å². The average Bonchev–Trinajstić information content (AvgIpc) is 3.01. The van der Waals surface area contributed by atoms with Gasteiger partial charge >= 0.3 is 18.3 Å². The molecule has 1 aromatic carbocycles. The van der Waals surface area contributed by atoms with Crippen LogP contribution in [0.15, 0.2) is 30.3 Å². The van der Waals surface area contributed by atoms with Gasteiger partial charge in [-0.25, -0.2) is 4.98 Å². The number of benzene rings is 1. The molecule has 1 aliphatic heterocycles. The lowest BCUT2D eigenvalue weighted by Crippen LogP contribution is -2.31. The molecule has 166 valence electrons. The van der Waals surface area contributed by atoms with Gasteiger partial charge in [0.15, 0.2) is 0 Å². The second kappa shape index (κ2) is 7.54. The van der Waals surface area contributed by atoms with Gasteiger partial charge in [0.25, 0.3) is 5.78 Å². The lowest BCUT2D eigenvalue weighted by molar-refractivity contribution is -0.143. The summed E-state index contributed by atoms with van der Waals surface area (Å²) in [4.78, 5) is 26.8. The van der Waals surface area contributed by atoms with Crippen LogP contribution in [0, 0.1) is 0 Å². The van der Waals surface area contributed by atoms with E-state index in [9.17, 15) is 35.9 Å². The summed E-state index contributed by atoms with van der Waals surface area (Å²) in [5.74, 6) is -2.84. The molecular formula is C20H15F6NO4. The lowest BCUT2D eigenvalue weighted by atomic mass is 9.84. The van der Waals surface area contributed by atoms with Crippen LogP contribution in [-0.2, 0) is 21.1 Å². The second-order valence-corrected chi connectivity index (χ2v) is 7.26. The van der Waals surface area contributed by atoms with Gasteiger partial charge in [0.05, 0.1) is 11.0 Å². The van der Waals surface area contributed by atoms with E-state index in [1.54, 1.807) is 6.92 Å². The molecule has 1 unspecified atom stereocenters. The predicted molar refractivity (Wildman–Crippen MR) is 94.5 cm³/mol. The fraction of sp³-hybridized carbons (Fsp3) is 0.350. The van der Waals surface area contributed by atoms with E-state index in [1.165, 1.54) is 0 Å². The molecule has 1 aromatic heterocycles. The third-order valence-corrected chi connectivity index (χ3v) is 4.73. The molecule has 0 bridgehead atoms. The third kappa shape index (κ3) is 4.49. The molecule has 2 aromatic rings. The first-order valence-corrected chi connectivity index (χ1v) is 8.83. The minimum atomic E-state index is -5.22. The van der Waals surface area contributed by atoms with Gasteiger partial charge in [-0.3, -0.25) is 9.59 Å². The first kappa shape index (κ1) is 22.6. The fourth-order valence-corrected chi connectivity index (χ4v) is 3.09. The van der Waals surface area contributed by atoms with Crippen molar-refractivity contribution in [3.05, 3.63) is 47.2 Å². The lowest BCUT2D eigenvalue weighted by Gasteiger charge is -2.22. The van der Waals surface area contributed by atoms with Crippen LogP contribution in [0.4, 0.5) is 26.3 Å². The summed E-state index contributed by atoms with van der Waals surface area (Å²) in [6.07, 6.45) is -9.83. The van der Waals surface area contributed by atoms with Crippen LogP contribution < -0.4 is 4.74 Å². The summed E-state index contributed by atoms with van der Waals surface area (Å²) >= 11 is 0. The Hall–Kier alpha value is -3.11. The van der Waals surface area contributed by atoms with Gasteiger partial charge in [-0.1, -0.05) is 12.1 Å². The number of carbonyl (C=O) groups excluding carboxylic acids is 2. The summed E-state index contributed by atoms with van der Waals surface area (Å²) in [7, 11) is 0. The Bertz CT molecular complexity index is 1030. The maximum absolute atomic E-state index is 13.0. The maximum Gasteiger partial charge on any atom is 0.456 e. The highest BCUT2D eigenvalue weighted by atomic mass is 19.4. The number of fused-ring (bicyclic) bond motifs is 1. The zero-order valence-electron chi connectivity index (χ0n) is 16.1. The van der Waals surface area contributed by atoms with Gasteiger partial charge < -0.3 is 9.47 Å². The molecule has 1 atom stereocenters. The van der Waals surface area contributed by atoms with E-state index >= 15 is 0 Å². The molecule has 11 heteroatoms. The number of esters is 1. The number of nitrogens with zero attached hydrogens (tertiary/aromatic N) is 1. The van der Waals surface area contributed by atoms with E-state index in [4.69, 9.17) is 9.47 Å². The number of aromatic nitrogens is 1. The summed E-state index contributed by atoms with van der Waals surface area (Å²) in [6.45, 7) is 2.36. The van der Waals surface area contributed by atoms with Crippen LogP contribution in [-0.4, -0.2) is 36.1 Å². The van der Waals surface area contributed by atoms with Crippen molar-refractivity contribution in [2.75, 3.05) is 13.2 Å². The maximum atomic E-state index is 13.0. The van der Waals surface area contributed by atoms with Crippen molar-refractivity contribution in [2.24, 2.45) is 0 Å². The number of Topliss-reactive ketones (excluding diaryl/α,β-unsaturated/α-hetero) is 1. The van der Waals surface area contributed by atoms with Crippen LogP contribution in [0.25, 0.3) is 11.3 Å². The molecule has 0 saturated carbocycles. The molecule has 0 spiro atoms. The number of ketones is 1. The largest absolute Gasteiger partial charge is 0.490 e. The molecule has 0 N–H and O–H groups in total. The van der Waals surface area contributed by atoms with E-state index in [1.807, 2.05) is 0 Å². The monoisotopic (exact) mass is 447 g/mol. The number of halogens is 6. The van der Waals surface area contributed by atoms with E-state index in [0.717, 1.165) is 37.3 Å². The van der Waals surface area contributed by atoms with Gasteiger partial charge in [-0.05, 0) is 25.1 Å². The van der Waals surface area contributed by atoms with Crippen LogP contribution in [0.2, 0.25) is 0 Å². The van der Waals surface area contributed by atoms with Gasteiger partial charge in [0.1, 0.15) is 30.4 Å². The first-order valence-electron chi connectivity index (χ1n) is 8.83. The molecule has 0 amide bonds. The summed E-state index contributed by atoms with van der Waals surface area (Å²) in [5, 5.41) is 0. The Morgan fingerprint density at radius 2 is 1.74 bits per heavy atom. The van der Waals surface area contributed by atoms with E-state index < -0.39 is 40.8 Å². The Kier molecular flexibility index (Phi) is 5.49. The quantitative estimate of drug-likeness (QED) is 0.385. The first-order chi connectivity index (χ1) is 14.2. The van der Waals surface area contributed by atoms with Crippen LogP contribution in [0.1, 0.15) is 35.5 Å². The molecule has 5 nitrogen and oxygen atoms in total. The number of pyridine rings is 1. The highest BCUT2D eigenvalue weighted by molar-refractivity contribution is 5.99. The number of hydrogen-bond donors (Lipinski definition) is 0. The molecule has 2 heterocycles. The molecule has 0 saturated heterocycles. The minimum Gasteiger partial charge on any atom is -0.490 e. The summed E-state index contributed by atoms with van der Waals surface area (Å²) in [5.41, 5.74) is -3.06. The van der Waals surface area contributed by atoms with Crippen molar-refractivity contribution in [3.8, 4) is 17.0 Å². The SMILES string of the molecule is CC(=O)OCC1(C)COc2c1cc(C(=O)C(F)(F)F)nc2-c1ccc(C(F)(F)F)cc1. The highest BCUT2D eigenvalue weighted by Crippen LogP contribution is 2.45. The van der Waals surface area contributed by atoms with Gasteiger partial charge in [0, 0.05) is 18.1 Å². The van der Waals surface area contributed by atoms with Crippen molar-refractivity contribution in [2.45, 2.75) is 31.6 Å². The number of carbonyl (C=O) groups is 2. The summed E-state index contributed by atoms with van der Waals surface area (Å²) < 4.78 is 88.2. The van der Waals surface area contributed by atoms with Gasteiger partial charge in [0.2, 0.25) is 0 Å². The minimum absolute atomic E-state index is 0.00753. The number of alkyl halides is 6. The predicted octanol–water partition coefficient (Wildman–Crippen LogP) is 4.73. The molecule has 0 fully saturated rings. The Labute approximate surface area is 172 Å². The Morgan fingerprint density at radius 1 is 1.13 bits per heavy atom. The van der Waals surface area contributed by atoms with Crippen molar-refractivity contribution in [1.82, 2.24) is 4.98 Å². The van der Waals surface area contributed by atoms with E-state index in [-0.39, 0.29) is 35.8 Å². The zero-order chi connectivity index (χ0) is 23.2.